The van der Waals surface area contributed by atoms with E-state index in [2.05, 4.69) is 20.9 Å². The monoisotopic (exact) mass is 527 g/mol. The maximum absolute atomic E-state index is 15.1. The Morgan fingerprint density at radius 3 is 2.45 bits per heavy atom. The summed E-state index contributed by atoms with van der Waals surface area (Å²) in [6.07, 6.45) is 1.20. The van der Waals surface area contributed by atoms with Gasteiger partial charge < -0.3 is 19.8 Å². The second kappa shape index (κ2) is 7.81. The minimum Gasteiger partial charge on any atom is -0.841 e. The van der Waals surface area contributed by atoms with Gasteiger partial charge in [0.05, 0.1) is 23.2 Å². The zero-order chi connectivity index (χ0) is 23.5. The van der Waals surface area contributed by atoms with Gasteiger partial charge in [0.25, 0.3) is 0 Å². The molecule has 5 rings (SSSR count). The molecule has 0 radical (unpaired) electrons. The van der Waals surface area contributed by atoms with E-state index in [9.17, 15) is 9.90 Å². The lowest BCUT2D eigenvalue weighted by Gasteiger charge is -2.49. The number of ether oxygens (including phenoxy) is 1. The average Bonchev–Trinajstić information content (AvgIpc) is 3.18. The predicted molar refractivity (Wildman–Crippen MR) is 125 cm³/mol. The Kier molecular flexibility index (Phi) is 5.29. The Morgan fingerprint density at radius 2 is 1.82 bits per heavy atom. The first-order valence-corrected chi connectivity index (χ1v) is 11.6. The number of hydrogen-bond acceptors (Lipinski definition) is 5. The Balaban J connectivity index is 1.88. The molecule has 0 spiro atoms. The van der Waals surface area contributed by atoms with Crippen molar-refractivity contribution >= 4 is 33.4 Å². The highest BCUT2D eigenvalue weighted by Gasteiger charge is 2.72. The zero-order valence-electron chi connectivity index (χ0n) is 17.9. The third kappa shape index (κ3) is 2.93. The summed E-state index contributed by atoms with van der Waals surface area (Å²) in [5.74, 6) is -1.98. The molecule has 0 unspecified atom stereocenters. The van der Waals surface area contributed by atoms with Crippen LogP contribution in [0.4, 0.5) is 0 Å². The highest BCUT2D eigenvalue weighted by atomic mass is 79.9. The summed E-state index contributed by atoms with van der Waals surface area (Å²) in [7, 11) is 3.22. The predicted octanol–water partition coefficient (Wildman–Crippen LogP) is 3.20. The number of nitrogens with zero attached hydrogens (tertiary/aromatic N) is 2. The molecule has 1 amide bonds. The van der Waals surface area contributed by atoms with Gasteiger partial charge in [0.15, 0.2) is 0 Å². The Labute approximate surface area is 204 Å². The molecular weight excluding hydrogens is 508 g/mol. The number of aromatic nitrogens is 1. The SMILES string of the molecule is CN(C)C(=O)[C@H]1[C@@H](O)[C@@]2([O-])c3c(Cl)cncc3O[C@@]2(c2ccc(Br)cc2)[C@@H]1c1ccccc1. The van der Waals surface area contributed by atoms with E-state index in [0.717, 1.165) is 4.47 Å². The van der Waals surface area contributed by atoms with Crippen molar-refractivity contribution in [1.29, 1.82) is 0 Å². The molecule has 8 heteroatoms. The molecule has 5 atom stereocenters. The van der Waals surface area contributed by atoms with Crippen molar-refractivity contribution in [2.45, 2.75) is 23.2 Å². The second-order valence-corrected chi connectivity index (χ2v) is 9.99. The topological polar surface area (TPSA) is 85.7 Å². The van der Waals surface area contributed by atoms with Crippen LogP contribution < -0.4 is 9.84 Å². The van der Waals surface area contributed by atoms with Crippen LogP contribution in [0.25, 0.3) is 0 Å². The molecule has 1 aromatic heterocycles. The van der Waals surface area contributed by atoms with Crippen LogP contribution in [0.1, 0.15) is 22.6 Å². The van der Waals surface area contributed by atoms with Crippen molar-refractivity contribution in [1.82, 2.24) is 9.88 Å². The van der Waals surface area contributed by atoms with Crippen molar-refractivity contribution in [2.75, 3.05) is 14.1 Å². The molecule has 170 valence electrons. The number of amides is 1. The number of fused-ring (bicyclic) bond motifs is 3. The first kappa shape index (κ1) is 22.3. The standard InChI is InChI=1S/C25H21BrClN2O4/c1-29(2)23(31)19-20(14-6-4-3-5-7-14)25(15-8-10-16(26)11-9-15)24(32,22(19)30)21-17(27)12-28-13-18(21)33-25/h3-13,19-20,22,30H,1-2H3/q-1/t19-,20-,22-,24+,25+/m1/s1. The van der Waals surface area contributed by atoms with Crippen LogP contribution in [0, 0.1) is 5.92 Å². The molecule has 1 N–H and O–H groups in total. The quantitative estimate of drug-likeness (QED) is 0.564. The number of carbonyl (C=O) groups excluding carboxylic acids is 1. The first-order chi connectivity index (χ1) is 15.7. The molecule has 0 bridgehead atoms. The van der Waals surface area contributed by atoms with Gasteiger partial charge in [0.1, 0.15) is 11.4 Å². The molecule has 2 aliphatic rings. The van der Waals surface area contributed by atoms with Crippen molar-refractivity contribution < 1.29 is 19.7 Å². The summed E-state index contributed by atoms with van der Waals surface area (Å²) in [5.41, 5.74) is -2.50. The van der Waals surface area contributed by atoms with E-state index >= 15 is 5.11 Å². The van der Waals surface area contributed by atoms with Crippen LogP contribution >= 0.6 is 27.5 Å². The van der Waals surface area contributed by atoms with E-state index < -0.39 is 29.1 Å². The van der Waals surface area contributed by atoms with Crippen LogP contribution in [0.3, 0.4) is 0 Å². The van der Waals surface area contributed by atoms with Gasteiger partial charge in [0, 0.05) is 36.2 Å². The molecule has 2 aromatic carbocycles. The van der Waals surface area contributed by atoms with E-state index in [1.54, 1.807) is 26.2 Å². The second-order valence-electron chi connectivity index (χ2n) is 8.67. The highest BCUT2D eigenvalue weighted by Crippen LogP contribution is 2.68. The van der Waals surface area contributed by atoms with E-state index in [1.807, 2.05) is 42.5 Å². The largest absolute Gasteiger partial charge is 0.841 e. The van der Waals surface area contributed by atoms with E-state index in [1.165, 1.54) is 17.3 Å². The molecule has 0 saturated heterocycles. The number of aliphatic hydroxyl groups is 1. The number of aliphatic hydroxyl groups excluding tert-OH is 1. The summed E-state index contributed by atoms with van der Waals surface area (Å²) in [6, 6.07) is 16.4. The van der Waals surface area contributed by atoms with E-state index in [0.29, 0.717) is 11.1 Å². The molecule has 1 fully saturated rings. The van der Waals surface area contributed by atoms with Crippen LogP contribution in [-0.4, -0.2) is 41.1 Å². The number of halogens is 2. The lowest BCUT2D eigenvalue weighted by molar-refractivity contribution is -0.527. The maximum atomic E-state index is 15.1. The van der Waals surface area contributed by atoms with Gasteiger partial charge in [0.2, 0.25) is 5.91 Å². The normalized spacial score (nSPS) is 29.8. The fraction of sp³-hybridized carbons (Fsp3) is 0.280. The highest BCUT2D eigenvalue weighted by molar-refractivity contribution is 9.10. The van der Waals surface area contributed by atoms with Crippen molar-refractivity contribution in [2.24, 2.45) is 5.92 Å². The van der Waals surface area contributed by atoms with Gasteiger partial charge in [-0.15, -0.1) is 0 Å². The zero-order valence-corrected chi connectivity index (χ0v) is 20.2. The van der Waals surface area contributed by atoms with Gasteiger partial charge in [-0.05, 0) is 28.9 Å². The summed E-state index contributed by atoms with van der Waals surface area (Å²) >= 11 is 9.94. The minimum absolute atomic E-state index is 0.102. The fourth-order valence-corrected chi connectivity index (χ4v) is 6.02. The van der Waals surface area contributed by atoms with Crippen molar-refractivity contribution in [3.05, 3.63) is 93.2 Å². The number of benzene rings is 2. The fourth-order valence-electron chi connectivity index (χ4n) is 5.47. The molecule has 6 nitrogen and oxygen atoms in total. The summed E-state index contributed by atoms with van der Waals surface area (Å²) in [6.45, 7) is 0. The van der Waals surface area contributed by atoms with Crippen LogP contribution in [0.2, 0.25) is 5.02 Å². The smallest absolute Gasteiger partial charge is 0.228 e. The third-order valence-corrected chi connectivity index (χ3v) is 7.59. The molecule has 1 aliphatic carbocycles. The van der Waals surface area contributed by atoms with Crippen LogP contribution in [0.15, 0.2) is 71.5 Å². The first-order valence-electron chi connectivity index (χ1n) is 10.5. The van der Waals surface area contributed by atoms with Gasteiger partial charge in [-0.25, -0.2) is 0 Å². The molecule has 33 heavy (non-hydrogen) atoms. The van der Waals surface area contributed by atoms with Crippen molar-refractivity contribution in [3.8, 4) is 5.75 Å². The van der Waals surface area contributed by atoms with Crippen molar-refractivity contribution in [3.63, 3.8) is 0 Å². The van der Waals surface area contributed by atoms with Gasteiger partial charge in [-0.1, -0.05) is 70.0 Å². The lowest BCUT2D eigenvalue weighted by Crippen LogP contribution is -2.60. The third-order valence-electron chi connectivity index (χ3n) is 6.77. The molecule has 1 aliphatic heterocycles. The molecule has 1 saturated carbocycles. The Morgan fingerprint density at radius 1 is 1.15 bits per heavy atom. The average molecular weight is 529 g/mol. The summed E-state index contributed by atoms with van der Waals surface area (Å²) in [5, 5.41) is 26.9. The summed E-state index contributed by atoms with van der Waals surface area (Å²) in [4.78, 5) is 19.0. The van der Waals surface area contributed by atoms with E-state index in [-0.39, 0.29) is 22.2 Å². The Bertz CT molecular complexity index is 1220. The van der Waals surface area contributed by atoms with E-state index in [4.69, 9.17) is 16.3 Å². The minimum atomic E-state index is -2.26. The number of pyridine rings is 1. The number of hydrogen-bond donors (Lipinski definition) is 1. The number of rotatable bonds is 3. The van der Waals surface area contributed by atoms with Gasteiger partial charge >= 0.3 is 0 Å². The van der Waals surface area contributed by atoms with Gasteiger partial charge in [-0.2, -0.15) is 0 Å². The molecular formula is C25H21BrClN2O4-. The maximum Gasteiger partial charge on any atom is 0.228 e. The number of carbonyl (C=O) groups is 1. The summed E-state index contributed by atoms with van der Waals surface area (Å²) < 4.78 is 7.34. The molecule has 2 heterocycles. The lowest BCUT2D eigenvalue weighted by atomic mass is 9.70. The van der Waals surface area contributed by atoms with Gasteiger partial charge in [-0.3, -0.25) is 9.78 Å². The van der Waals surface area contributed by atoms with Crippen LogP contribution in [-0.2, 0) is 16.0 Å². The molecule has 3 aromatic rings. The Hall–Kier alpha value is -2.45. The van der Waals surface area contributed by atoms with Crippen LogP contribution in [0.5, 0.6) is 5.75 Å².